The summed E-state index contributed by atoms with van der Waals surface area (Å²) in [4.78, 5) is 11.5. The minimum absolute atomic E-state index is 0.00650. The molecule has 1 rings (SSSR count). The van der Waals surface area contributed by atoms with Crippen LogP contribution in [0.2, 0.25) is 0 Å². The van der Waals surface area contributed by atoms with E-state index < -0.39 is 12.3 Å². The SMILES string of the molecule is CC(O)COC(=O)O[C@H]1C[C@@H](C)CC[C@@H]1C(C)C. The Morgan fingerprint density at radius 1 is 1.33 bits per heavy atom. The summed E-state index contributed by atoms with van der Waals surface area (Å²) in [6.45, 7) is 8.09. The van der Waals surface area contributed by atoms with Crippen molar-refractivity contribution >= 4 is 6.16 Å². The highest BCUT2D eigenvalue weighted by Crippen LogP contribution is 2.35. The van der Waals surface area contributed by atoms with Crippen molar-refractivity contribution in [1.29, 1.82) is 0 Å². The molecule has 0 radical (unpaired) electrons. The maximum Gasteiger partial charge on any atom is 0.508 e. The quantitative estimate of drug-likeness (QED) is 0.788. The lowest BCUT2D eigenvalue weighted by atomic mass is 9.75. The van der Waals surface area contributed by atoms with Crippen molar-refractivity contribution in [3.05, 3.63) is 0 Å². The number of aliphatic hydroxyl groups is 1. The van der Waals surface area contributed by atoms with Gasteiger partial charge in [0.05, 0.1) is 6.10 Å². The number of carbonyl (C=O) groups excluding carboxylic acids is 1. The summed E-state index contributed by atoms with van der Waals surface area (Å²) in [6, 6.07) is 0. The molecule has 106 valence electrons. The van der Waals surface area contributed by atoms with E-state index in [1.165, 1.54) is 6.42 Å². The maximum atomic E-state index is 11.5. The van der Waals surface area contributed by atoms with Gasteiger partial charge in [0.25, 0.3) is 0 Å². The van der Waals surface area contributed by atoms with Crippen LogP contribution >= 0.6 is 0 Å². The van der Waals surface area contributed by atoms with Crippen LogP contribution in [0.25, 0.3) is 0 Å². The molecule has 1 fully saturated rings. The Balaban J connectivity index is 2.47. The van der Waals surface area contributed by atoms with E-state index in [9.17, 15) is 4.79 Å². The molecule has 0 amide bonds. The third-order valence-electron chi connectivity index (χ3n) is 3.65. The van der Waals surface area contributed by atoms with Crippen molar-refractivity contribution < 1.29 is 19.4 Å². The Bertz CT molecular complexity index is 263. The monoisotopic (exact) mass is 258 g/mol. The Morgan fingerprint density at radius 3 is 2.56 bits per heavy atom. The van der Waals surface area contributed by atoms with Crippen LogP contribution in [0.5, 0.6) is 0 Å². The van der Waals surface area contributed by atoms with Crippen LogP contribution in [0, 0.1) is 17.8 Å². The third-order valence-corrected chi connectivity index (χ3v) is 3.65. The van der Waals surface area contributed by atoms with Gasteiger partial charge in [-0.05, 0) is 37.5 Å². The first-order chi connectivity index (χ1) is 8.40. The van der Waals surface area contributed by atoms with Gasteiger partial charge in [-0.2, -0.15) is 0 Å². The van der Waals surface area contributed by atoms with Crippen LogP contribution in [0.4, 0.5) is 4.79 Å². The largest absolute Gasteiger partial charge is 0.508 e. The van der Waals surface area contributed by atoms with E-state index in [4.69, 9.17) is 14.6 Å². The van der Waals surface area contributed by atoms with Gasteiger partial charge in [-0.3, -0.25) is 0 Å². The molecule has 18 heavy (non-hydrogen) atoms. The first-order valence-electron chi connectivity index (χ1n) is 6.91. The van der Waals surface area contributed by atoms with Gasteiger partial charge < -0.3 is 14.6 Å². The van der Waals surface area contributed by atoms with E-state index in [1.807, 2.05) is 0 Å². The summed E-state index contributed by atoms with van der Waals surface area (Å²) < 4.78 is 10.3. The number of hydrogen-bond donors (Lipinski definition) is 1. The highest BCUT2D eigenvalue weighted by atomic mass is 16.7. The van der Waals surface area contributed by atoms with Gasteiger partial charge in [0.2, 0.25) is 0 Å². The van der Waals surface area contributed by atoms with Crippen molar-refractivity contribution in [2.24, 2.45) is 17.8 Å². The fourth-order valence-electron chi connectivity index (χ4n) is 2.60. The highest BCUT2D eigenvalue weighted by Gasteiger charge is 2.33. The highest BCUT2D eigenvalue weighted by molar-refractivity contribution is 5.60. The molecule has 4 atom stereocenters. The van der Waals surface area contributed by atoms with E-state index in [0.717, 1.165) is 12.8 Å². The molecule has 0 aliphatic heterocycles. The van der Waals surface area contributed by atoms with E-state index in [0.29, 0.717) is 17.8 Å². The Kier molecular flexibility index (Phi) is 5.93. The van der Waals surface area contributed by atoms with Gasteiger partial charge in [-0.15, -0.1) is 0 Å². The van der Waals surface area contributed by atoms with Gasteiger partial charge in [-0.25, -0.2) is 4.79 Å². The fraction of sp³-hybridized carbons (Fsp3) is 0.929. The van der Waals surface area contributed by atoms with E-state index >= 15 is 0 Å². The minimum Gasteiger partial charge on any atom is -0.432 e. The van der Waals surface area contributed by atoms with Crippen molar-refractivity contribution in [3.8, 4) is 0 Å². The lowest BCUT2D eigenvalue weighted by molar-refractivity contribution is -0.0412. The Hall–Kier alpha value is -0.770. The van der Waals surface area contributed by atoms with Crippen molar-refractivity contribution in [2.75, 3.05) is 6.61 Å². The first-order valence-corrected chi connectivity index (χ1v) is 6.91. The van der Waals surface area contributed by atoms with Gasteiger partial charge in [0.1, 0.15) is 12.7 Å². The normalized spacial score (nSPS) is 30.0. The molecular weight excluding hydrogens is 232 g/mol. The zero-order chi connectivity index (χ0) is 13.7. The molecule has 1 unspecified atom stereocenters. The van der Waals surface area contributed by atoms with Crippen LogP contribution in [-0.4, -0.2) is 30.1 Å². The van der Waals surface area contributed by atoms with Crippen molar-refractivity contribution in [3.63, 3.8) is 0 Å². The minimum atomic E-state index is -0.652. The molecule has 1 saturated carbocycles. The first kappa shape index (κ1) is 15.3. The zero-order valence-corrected chi connectivity index (χ0v) is 11.9. The molecule has 1 N–H and O–H groups in total. The molecule has 1 aliphatic carbocycles. The Morgan fingerprint density at radius 2 is 2.00 bits per heavy atom. The number of ether oxygens (including phenoxy) is 2. The van der Waals surface area contributed by atoms with Gasteiger partial charge in [-0.1, -0.05) is 27.2 Å². The molecule has 0 saturated heterocycles. The zero-order valence-electron chi connectivity index (χ0n) is 11.9. The maximum absolute atomic E-state index is 11.5. The van der Waals surface area contributed by atoms with Crippen LogP contribution in [-0.2, 0) is 9.47 Å². The predicted molar refractivity (Wildman–Crippen MR) is 69.2 cm³/mol. The molecular formula is C14H26O4. The third kappa shape index (κ3) is 4.84. The van der Waals surface area contributed by atoms with E-state index in [2.05, 4.69) is 20.8 Å². The van der Waals surface area contributed by atoms with Crippen LogP contribution < -0.4 is 0 Å². The second kappa shape index (κ2) is 6.98. The van der Waals surface area contributed by atoms with E-state index in [-0.39, 0.29) is 12.7 Å². The van der Waals surface area contributed by atoms with Gasteiger partial charge in [0.15, 0.2) is 0 Å². The molecule has 4 heteroatoms. The average Bonchev–Trinajstić information content (AvgIpc) is 2.26. The lowest BCUT2D eigenvalue weighted by Gasteiger charge is -2.36. The number of rotatable bonds is 4. The molecule has 0 heterocycles. The average molecular weight is 258 g/mol. The summed E-state index contributed by atoms with van der Waals surface area (Å²) in [5.41, 5.74) is 0. The van der Waals surface area contributed by atoms with Crippen LogP contribution in [0.1, 0.15) is 47.0 Å². The number of hydrogen-bond acceptors (Lipinski definition) is 4. The topological polar surface area (TPSA) is 55.8 Å². The molecule has 0 spiro atoms. The summed E-state index contributed by atoms with van der Waals surface area (Å²) in [6.07, 6.45) is 1.87. The molecule has 1 aliphatic rings. The van der Waals surface area contributed by atoms with Crippen LogP contribution in [0.3, 0.4) is 0 Å². The fourth-order valence-corrected chi connectivity index (χ4v) is 2.60. The summed E-state index contributed by atoms with van der Waals surface area (Å²) >= 11 is 0. The number of carbonyl (C=O) groups is 1. The smallest absolute Gasteiger partial charge is 0.432 e. The molecule has 4 nitrogen and oxygen atoms in total. The van der Waals surface area contributed by atoms with Crippen molar-refractivity contribution in [2.45, 2.75) is 59.2 Å². The predicted octanol–water partition coefficient (Wildman–Crippen LogP) is 2.98. The number of aliphatic hydroxyl groups excluding tert-OH is 1. The summed E-state index contributed by atoms with van der Waals surface area (Å²) in [7, 11) is 0. The molecule has 0 bridgehead atoms. The molecule has 0 aromatic heterocycles. The standard InChI is InChI=1S/C14H26O4/c1-9(2)12-6-5-10(3)7-13(12)18-14(16)17-8-11(4)15/h9-13,15H,5-8H2,1-4H3/t10-,11?,12+,13-/m0/s1. The lowest BCUT2D eigenvalue weighted by Crippen LogP contribution is -2.36. The summed E-state index contributed by atoms with van der Waals surface area (Å²) in [5, 5.41) is 9.06. The van der Waals surface area contributed by atoms with E-state index in [1.54, 1.807) is 6.92 Å². The molecule has 0 aromatic carbocycles. The van der Waals surface area contributed by atoms with Crippen LogP contribution in [0.15, 0.2) is 0 Å². The second-order valence-electron chi connectivity index (χ2n) is 5.89. The molecule has 0 aromatic rings. The van der Waals surface area contributed by atoms with Crippen molar-refractivity contribution in [1.82, 2.24) is 0 Å². The Labute approximate surface area is 110 Å². The second-order valence-corrected chi connectivity index (χ2v) is 5.89. The van der Waals surface area contributed by atoms with Gasteiger partial charge in [0, 0.05) is 0 Å². The van der Waals surface area contributed by atoms with Gasteiger partial charge >= 0.3 is 6.16 Å². The summed E-state index contributed by atoms with van der Waals surface area (Å²) in [5.74, 6) is 1.52.